The second-order valence-corrected chi connectivity index (χ2v) is 3.84. The van der Waals surface area contributed by atoms with Crippen molar-refractivity contribution in [3.05, 3.63) is 49.4 Å². The molecule has 3 heteroatoms. The van der Waals surface area contributed by atoms with Crippen LogP contribution >= 0.6 is 0 Å². The van der Waals surface area contributed by atoms with Crippen LogP contribution in [0, 0.1) is 12.8 Å². The van der Waals surface area contributed by atoms with Crippen molar-refractivity contribution in [3.8, 4) is 0 Å². The van der Waals surface area contributed by atoms with Gasteiger partial charge in [0.1, 0.15) is 0 Å². The van der Waals surface area contributed by atoms with Gasteiger partial charge in [0.25, 0.3) is 0 Å². The Labute approximate surface area is 106 Å². The summed E-state index contributed by atoms with van der Waals surface area (Å²) in [6.45, 7) is 7.75. The van der Waals surface area contributed by atoms with Gasteiger partial charge < -0.3 is 6.92 Å². The summed E-state index contributed by atoms with van der Waals surface area (Å²) in [6, 6.07) is 14.7. The molecule has 0 aliphatic carbocycles. The first-order valence-corrected chi connectivity index (χ1v) is 6.19. The van der Waals surface area contributed by atoms with E-state index < -0.39 is 20.2 Å². The first kappa shape index (κ1) is 15.4. The maximum atomic E-state index is 9.75. The van der Waals surface area contributed by atoms with E-state index in [0.717, 1.165) is 0 Å². The zero-order chi connectivity index (χ0) is 12.4. The average Bonchev–Trinajstić information content (AvgIpc) is 2.65. The van der Waals surface area contributed by atoms with Gasteiger partial charge in [0.2, 0.25) is 0 Å². The second-order valence-electron chi connectivity index (χ2n) is 3.62. The standard InChI is InChI=1S/C9H7.C4H9.2FH.Ti/c1-2-5-9-7-3-6-8(9)4-1;1-4(2)3;;;/h1-7H;4H,1H2,2-3H3;2*1H;/q2*-1;;;+2/p-2. The molecule has 0 nitrogen and oxygen atoms in total. The van der Waals surface area contributed by atoms with Gasteiger partial charge >= 0.3 is 26.4 Å². The number of halogens is 2. The first-order valence-electron chi connectivity index (χ1n) is 5.01. The molecule has 2 rings (SSSR count). The minimum Gasteiger partial charge on any atom is -0.168 e. The van der Waals surface area contributed by atoms with Gasteiger partial charge in [0.15, 0.2) is 0 Å². The van der Waals surface area contributed by atoms with Crippen LogP contribution in [0.3, 0.4) is 0 Å². The predicted molar refractivity (Wildman–Crippen MR) is 62.0 cm³/mol. The van der Waals surface area contributed by atoms with E-state index in [1.807, 2.05) is 0 Å². The van der Waals surface area contributed by atoms with E-state index in [4.69, 9.17) is 0 Å². The van der Waals surface area contributed by atoms with Crippen LogP contribution in [0.4, 0.5) is 6.18 Å². The number of rotatable bonds is 0. The Morgan fingerprint density at radius 3 is 2.19 bits per heavy atom. The van der Waals surface area contributed by atoms with Gasteiger partial charge in [0, 0.05) is 0 Å². The smallest absolute Gasteiger partial charge is 0.0809 e. The summed E-state index contributed by atoms with van der Waals surface area (Å²) in [5.74, 6) is 0.583. The summed E-state index contributed by atoms with van der Waals surface area (Å²) in [4.78, 5) is 0. The summed E-state index contributed by atoms with van der Waals surface area (Å²) < 4.78 is 19.5. The fraction of sp³-hybridized carbons (Fsp3) is 0.231. The van der Waals surface area contributed by atoms with Crippen LogP contribution in [0.25, 0.3) is 10.8 Å². The molecule has 16 heavy (non-hydrogen) atoms. The molecule has 0 spiro atoms. The van der Waals surface area contributed by atoms with Crippen molar-refractivity contribution in [2.24, 2.45) is 5.92 Å². The zero-order valence-corrected chi connectivity index (χ0v) is 11.1. The molecule has 0 radical (unpaired) electrons. The fourth-order valence-corrected chi connectivity index (χ4v) is 1.07. The third-order valence-electron chi connectivity index (χ3n) is 1.55. The molecule has 0 N–H and O–H groups in total. The Balaban J connectivity index is 0.000000275. The van der Waals surface area contributed by atoms with Gasteiger partial charge in [-0.2, -0.15) is 23.4 Å². The number of fused-ring (bicyclic) bond motifs is 1. The van der Waals surface area contributed by atoms with Gasteiger partial charge in [-0.15, -0.1) is 29.7 Å². The maximum absolute atomic E-state index is 9.75. The van der Waals surface area contributed by atoms with E-state index in [0.29, 0.717) is 5.92 Å². The van der Waals surface area contributed by atoms with Gasteiger partial charge in [0.05, 0.1) is 0 Å². The second kappa shape index (κ2) is 9.62. The van der Waals surface area contributed by atoms with Crippen LogP contribution in [0.2, 0.25) is 0 Å². The third-order valence-corrected chi connectivity index (χ3v) is 1.55. The maximum Gasteiger partial charge on any atom is -0.0809 e. The molecule has 0 amide bonds. The fourth-order valence-electron chi connectivity index (χ4n) is 1.07. The minimum atomic E-state index is -2.50. The van der Waals surface area contributed by atoms with Crippen LogP contribution in [-0.4, -0.2) is 0 Å². The minimum absolute atomic E-state index is 0.583. The van der Waals surface area contributed by atoms with Crippen molar-refractivity contribution in [1.82, 2.24) is 0 Å². The van der Waals surface area contributed by atoms with E-state index in [1.165, 1.54) is 10.8 Å². The largest absolute Gasteiger partial charge is 0.168 e. The van der Waals surface area contributed by atoms with Crippen molar-refractivity contribution in [1.29, 1.82) is 0 Å². The molecule has 0 aliphatic heterocycles. The van der Waals surface area contributed by atoms with Gasteiger partial charge in [-0.1, -0.05) is 19.9 Å². The third kappa shape index (κ3) is 7.66. The average molecular weight is 258 g/mol. The Hall–Kier alpha value is -0.596. The normalized spacial score (nSPS) is 8.88. The molecule has 0 saturated heterocycles. The van der Waals surface area contributed by atoms with Crippen molar-refractivity contribution in [3.63, 3.8) is 0 Å². The number of benzene rings is 1. The molecule has 0 saturated carbocycles. The van der Waals surface area contributed by atoms with Gasteiger partial charge in [-0.25, -0.2) is 0 Å². The van der Waals surface area contributed by atoms with Crippen LogP contribution in [0.1, 0.15) is 13.8 Å². The van der Waals surface area contributed by atoms with Gasteiger partial charge in [-0.05, 0) is 0 Å². The van der Waals surface area contributed by atoms with E-state index in [9.17, 15) is 6.18 Å². The summed E-state index contributed by atoms with van der Waals surface area (Å²) >= 11 is -2.50. The summed E-state index contributed by atoms with van der Waals surface area (Å²) in [5, 5.41) is 2.66. The molecule has 2 aromatic carbocycles. The molecule has 2 aromatic rings. The molecular formula is C13H16F2Ti-2. The molecule has 0 aromatic heterocycles. The molecule has 0 aliphatic rings. The SMILES string of the molecule is [CH2-]C(C)C.[F][Ti][F].c1ccc2[cH-]ccc2c1. The van der Waals surface area contributed by atoms with Crippen LogP contribution in [0.5, 0.6) is 0 Å². The van der Waals surface area contributed by atoms with Crippen molar-refractivity contribution in [2.45, 2.75) is 13.8 Å². The Kier molecular flexibility index (Phi) is 9.26. The van der Waals surface area contributed by atoms with Crippen molar-refractivity contribution >= 4 is 10.8 Å². The van der Waals surface area contributed by atoms with Crippen molar-refractivity contribution in [2.75, 3.05) is 0 Å². The molecule has 0 fully saturated rings. The molecule has 0 unspecified atom stereocenters. The van der Waals surface area contributed by atoms with Crippen LogP contribution in [0.15, 0.2) is 42.5 Å². The Bertz CT molecular complexity index is 336. The summed E-state index contributed by atoms with van der Waals surface area (Å²) in [5.41, 5.74) is 0. The predicted octanol–water partition coefficient (Wildman–Crippen LogP) is 4.87. The molecule has 0 heterocycles. The van der Waals surface area contributed by atoms with Gasteiger partial charge in [-0.3, -0.25) is 0 Å². The number of hydrogen-bond acceptors (Lipinski definition) is 0. The quantitative estimate of drug-likeness (QED) is 0.467. The summed E-state index contributed by atoms with van der Waals surface area (Å²) in [6.07, 6.45) is 0. The van der Waals surface area contributed by atoms with Crippen molar-refractivity contribution < 1.29 is 26.4 Å². The summed E-state index contributed by atoms with van der Waals surface area (Å²) in [7, 11) is 0. The van der Waals surface area contributed by atoms with E-state index in [-0.39, 0.29) is 0 Å². The molecular weight excluding hydrogens is 242 g/mol. The monoisotopic (exact) mass is 258 g/mol. The molecule has 88 valence electrons. The van der Waals surface area contributed by atoms with Crippen LogP contribution in [-0.2, 0) is 20.2 Å². The molecule has 0 atom stereocenters. The van der Waals surface area contributed by atoms with Crippen LogP contribution < -0.4 is 0 Å². The zero-order valence-electron chi connectivity index (χ0n) is 9.58. The molecule has 0 bridgehead atoms. The Morgan fingerprint density at radius 1 is 1.19 bits per heavy atom. The van der Waals surface area contributed by atoms with E-state index in [1.54, 1.807) is 0 Å². The number of hydrogen-bond donors (Lipinski definition) is 0. The van der Waals surface area contributed by atoms with E-state index in [2.05, 4.69) is 63.2 Å². The van der Waals surface area contributed by atoms with E-state index >= 15 is 0 Å². The Morgan fingerprint density at radius 2 is 1.69 bits per heavy atom. The first-order chi connectivity index (χ1) is 7.61. The topological polar surface area (TPSA) is 0 Å².